The maximum absolute atomic E-state index is 13.9. The van der Waals surface area contributed by atoms with Crippen LogP contribution in [0.25, 0.3) is 0 Å². The Bertz CT molecular complexity index is 1010. The van der Waals surface area contributed by atoms with E-state index in [4.69, 9.17) is 4.74 Å². The van der Waals surface area contributed by atoms with E-state index in [0.29, 0.717) is 31.3 Å². The zero-order valence-electron chi connectivity index (χ0n) is 16.9. The van der Waals surface area contributed by atoms with Crippen molar-refractivity contribution in [3.63, 3.8) is 0 Å². The van der Waals surface area contributed by atoms with Gasteiger partial charge < -0.3 is 15.0 Å². The molecule has 8 heteroatoms. The third-order valence-electron chi connectivity index (χ3n) is 5.02. The van der Waals surface area contributed by atoms with Crippen LogP contribution in [0.15, 0.2) is 53.5 Å². The van der Waals surface area contributed by atoms with Crippen LogP contribution in [-0.2, 0) is 16.4 Å². The fourth-order valence-electron chi connectivity index (χ4n) is 3.23. The van der Waals surface area contributed by atoms with Crippen LogP contribution < -0.4 is 10.1 Å². The summed E-state index contributed by atoms with van der Waals surface area (Å²) in [7, 11) is -1.46. The molecule has 0 spiro atoms. The Morgan fingerprint density at radius 3 is 2.48 bits per heavy atom. The molecular formula is C21H26FN3O3S. The van der Waals surface area contributed by atoms with Gasteiger partial charge in [-0.15, -0.1) is 0 Å². The molecule has 2 aromatic carbocycles. The van der Waals surface area contributed by atoms with Gasteiger partial charge >= 0.3 is 0 Å². The van der Waals surface area contributed by atoms with Gasteiger partial charge in [-0.1, -0.05) is 30.3 Å². The fourth-order valence-corrected chi connectivity index (χ4v) is 4.59. The molecule has 0 amide bonds. The van der Waals surface area contributed by atoms with Gasteiger partial charge in [-0.25, -0.2) is 12.8 Å². The summed E-state index contributed by atoms with van der Waals surface area (Å²) in [6, 6.07) is 13.6. The fraction of sp³-hybridized carbons (Fsp3) is 0.381. The van der Waals surface area contributed by atoms with E-state index in [9.17, 15) is 12.8 Å². The number of nitrogens with zero attached hydrogens (tertiary/aromatic N) is 2. The quantitative estimate of drug-likeness (QED) is 0.609. The van der Waals surface area contributed by atoms with Crippen LogP contribution >= 0.6 is 0 Å². The molecule has 1 fully saturated rings. The molecule has 0 saturated carbocycles. The Hall–Kier alpha value is -2.61. The first kappa shape index (κ1) is 21.1. The van der Waals surface area contributed by atoms with Gasteiger partial charge in [0.2, 0.25) is 0 Å². The molecule has 0 aromatic heterocycles. The van der Waals surface area contributed by atoms with Crippen LogP contribution in [0.1, 0.15) is 19.4 Å². The summed E-state index contributed by atoms with van der Waals surface area (Å²) >= 11 is 0. The largest absolute Gasteiger partial charge is 0.454 e. The molecule has 0 aliphatic carbocycles. The number of nitrogens with one attached hydrogen (secondary N) is 1. The third kappa shape index (κ3) is 4.70. The maximum atomic E-state index is 13.9. The van der Waals surface area contributed by atoms with Crippen molar-refractivity contribution in [3.05, 3.63) is 59.9 Å². The Labute approximate surface area is 171 Å². The number of aliphatic imine (C=N–C) groups is 1. The first-order valence-corrected chi connectivity index (χ1v) is 11.1. The van der Waals surface area contributed by atoms with Gasteiger partial charge in [0.1, 0.15) is 5.75 Å². The van der Waals surface area contributed by atoms with Crippen molar-refractivity contribution in [2.24, 2.45) is 4.99 Å². The highest BCUT2D eigenvalue weighted by molar-refractivity contribution is 7.92. The Balaban J connectivity index is 1.72. The van der Waals surface area contributed by atoms with E-state index in [1.807, 2.05) is 23.1 Å². The topological polar surface area (TPSA) is 71.0 Å². The monoisotopic (exact) mass is 419 g/mol. The zero-order chi connectivity index (χ0) is 21.1. The molecule has 29 heavy (non-hydrogen) atoms. The Kier molecular flexibility index (Phi) is 6.12. The minimum atomic E-state index is -3.13. The van der Waals surface area contributed by atoms with Gasteiger partial charge in [-0.2, -0.15) is 0 Å². The Morgan fingerprint density at radius 1 is 1.17 bits per heavy atom. The molecule has 2 aromatic rings. The third-order valence-corrected chi connectivity index (χ3v) is 7.55. The molecule has 1 aliphatic rings. The van der Waals surface area contributed by atoms with E-state index < -0.39 is 20.4 Å². The van der Waals surface area contributed by atoms with E-state index in [0.717, 1.165) is 5.56 Å². The molecule has 6 nitrogen and oxygen atoms in total. The number of hydrogen-bond acceptors (Lipinski definition) is 4. The highest BCUT2D eigenvalue weighted by atomic mass is 32.2. The average Bonchev–Trinajstić information content (AvgIpc) is 2.68. The molecule has 0 unspecified atom stereocenters. The predicted molar refractivity (Wildman–Crippen MR) is 113 cm³/mol. The van der Waals surface area contributed by atoms with Gasteiger partial charge in [-0.3, -0.25) is 4.99 Å². The number of rotatable bonds is 4. The van der Waals surface area contributed by atoms with Crippen LogP contribution in [-0.4, -0.2) is 49.9 Å². The number of halogens is 1. The summed E-state index contributed by atoms with van der Waals surface area (Å²) in [5.41, 5.74) is 0.834. The van der Waals surface area contributed by atoms with Crippen LogP contribution in [0.3, 0.4) is 0 Å². The second-order valence-corrected chi connectivity index (χ2v) is 10.3. The van der Waals surface area contributed by atoms with Gasteiger partial charge in [0.15, 0.2) is 27.4 Å². The number of sulfone groups is 1. The van der Waals surface area contributed by atoms with Gasteiger partial charge in [-0.05, 0) is 32.0 Å². The first-order chi connectivity index (χ1) is 13.7. The highest BCUT2D eigenvalue weighted by Crippen LogP contribution is 2.27. The van der Waals surface area contributed by atoms with Gasteiger partial charge in [0.05, 0.1) is 10.5 Å². The lowest BCUT2D eigenvalue weighted by Crippen LogP contribution is -2.57. The first-order valence-electron chi connectivity index (χ1n) is 9.42. The minimum absolute atomic E-state index is 0.0910. The molecule has 1 saturated heterocycles. The summed E-state index contributed by atoms with van der Waals surface area (Å²) in [5.74, 6) is 0.985. The lowest BCUT2D eigenvalue weighted by Gasteiger charge is -2.39. The van der Waals surface area contributed by atoms with Crippen molar-refractivity contribution < 1.29 is 17.5 Å². The SMILES string of the molecule is CN=C(NCc1ccccc1Oc1ccccc1F)N1CCS(=O)(=O)C(C)(C)C1. The van der Waals surface area contributed by atoms with E-state index in [1.54, 1.807) is 45.2 Å². The number of para-hydroxylation sites is 2. The van der Waals surface area contributed by atoms with Crippen LogP contribution in [0.4, 0.5) is 4.39 Å². The normalized spacial score (nSPS) is 18.3. The summed E-state index contributed by atoms with van der Waals surface area (Å²) in [6.45, 7) is 4.63. The lowest BCUT2D eigenvalue weighted by molar-refractivity contribution is 0.353. The smallest absolute Gasteiger partial charge is 0.193 e. The molecular weight excluding hydrogens is 393 g/mol. The van der Waals surface area contributed by atoms with Crippen LogP contribution in [0.2, 0.25) is 0 Å². The summed E-state index contributed by atoms with van der Waals surface area (Å²) in [4.78, 5) is 6.25. The predicted octanol–water partition coefficient (Wildman–Crippen LogP) is 3.20. The standard InChI is InChI=1S/C21H26FN3O3S/c1-21(2)15-25(12-13-29(21,26)27)20(23-3)24-14-16-8-4-6-10-18(16)28-19-11-7-5-9-17(19)22/h4-11H,12-15H2,1-3H3,(H,23,24). The van der Waals surface area contributed by atoms with Crippen molar-refractivity contribution in [2.75, 3.05) is 25.9 Å². The van der Waals surface area contributed by atoms with Crippen molar-refractivity contribution in [1.29, 1.82) is 0 Å². The number of guanidine groups is 1. The van der Waals surface area contributed by atoms with Crippen molar-refractivity contribution in [2.45, 2.75) is 25.1 Å². The summed E-state index contributed by atoms with van der Waals surface area (Å²) in [6.07, 6.45) is 0. The van der Waals surface area contributed by atoms with E-state index in [1.165, 1.54) is 6.07 Å². The number of hydrogen-bond donors (Lipinski definition) is 1. The maximum Gasteiger partial charge on any atom is 0.193 e. The van der Waals surface area contributed by atoms with E-state index in [-0.39, 0.29) is 11.5 Å². The van der Waals surface area contributed by atoms with Gasteiger partial charge in [0.25, 0.3) is 0 Å². The minimum Gasteiger partial charge on any atom is -0.454 e. The van der Waals surface area contributed by atoms with E-state index >= 15 is 0 Å². The Morgan fingerprint density at radius 2 is 1.83 bits per heavy atom. The van der Waals surface area contributed by atoms with Crippen molar-refractivity contribution in [3.8, 4) is 11.5 Å². The molecule has 1 aliphatic heterocycles. The highest BCUT2D eigenvalue weighted by Gasteiger charge is 2.40. The molecule has 0 radical (unpaired) electrons. The summed E-state index contributed by atoms with van der Waals surface area (Å²) < 4.78 is 43.4. The number of ether oxygens (including phenoxy) is 1. The molecule has 156 valence electrons. The van der Waals surface area contributed by atoms with Crippen molar-refractivity contribution >= 4 is 15.8 Å². The average molecular weight is 420 g/mol. The second kappa shape index (κ2) is 8.41. The molecule has 0 bridgehead atoms. The number of benzene rings is 2. The van der Waals surface area contributed by atoms with E-state index in [2.05, 4.69) is 10.3 Å². The molecule has 3 rings (SSSR count). The molecule has 1 heterocycles. The van der Waals surface area contributed by atoms with Crippen molar-refractivity contribution in [1.82, 2.24) is 10.2 Å². The lowest BCUT2D eigenvalue weighted by atomic mass is 10.2. The molecule has 0 atom stereocenters. The second-order valence-electron chi connectivity index (χ2n) is 7.54. The zero-order valence-corrected chi connectivity index (χ0v) is 17.7. The van der Waals surface area contributed by atoms with Crippen LogP contribution in [0, 0.1) is 5.82 Å². The van der Waals surface area contributed by atoms with Gasteiger partial charge in [0, 0.05) is 32.2 Å². The van der Waals surface area contributed by atoms with Crippen LogP contribution in [0.5, 0.6) is 11.5 Å². The summed E-state index contributed by atoms with van der Waals surface area (Å²) in [5, 5.41) is 3.27. The molecule has 1 N–H and O–H groups in total.